The van der Waals surface area contributed by atoms with Crippen LogP contribution in [0.3, 0.4) is 0 Å². The van der Waals surface area contributed by atoms with Gasteiger partial charge >= 0.3 is 0 Å². The second-order valence-electron chi connectivity index (χ2n) is 7.40. The molecule has 0 aromatic heterocycles. The molecule has 2 aliphatic rings. The minimum absolute atomic E-state index is 0.0894. The van der Waals surface area contributed by atoms with Crippen molar-refractivity contribution in [3.63, 3.8) is 0 Å². The Labute approximate surface area is 154 Å². The lowest BCUT2D eigenvalue weighted by molar-refractivity contribution is -0.133. The van der Waals surface area contributed by atoms with Gasteiger partial charge in [0, 0.05) is 32.2 Å². The summed E-state index contributed by atoms with van der Waals surface area (Å²) in [5.74, 6) is -0.878. The van der Waals surface area contributed by atoms with Gasteiger partial charge in [-0.2, -0.15) is 0 Å². The van der Waals surface area contributed by atoms with Crippen LogP contribution in [0, 0.1) is 17.6 Å². The van der Waals surface area contributed by atoms with E-state index < -0.39 is 11.6 Å². The number of nitrogens with zero attached hydrogens (tertiary/aromatic N) is 2. The van der Waals surface area contributed by atoms with Crippen molar-refractivity contribution in [2.24, 2.45) is 5.92 Å². The van der Waals surface area contributed by atoms with Crippen LogP contribution >= 0.6 is 0 Å². The number of rotatable bonds is 5. The van der Waals surface area contributed by atoms with Gasteiger partial charge in [0.15, 0.2) is 18.2 Å². The molecule has 1 amide bonds. The van der Waals surface area contributed by atoms with Gasteiger partial charge < -0.3 is 14.5 Å². The summed E-state index contributed by atoms with van der Waals surface area (Å²) < 4.78 is 31.7. The molecule has 144 valence electrons. The van der Waals surface area contributed by atoms with Gasteiger partial charge in [-0.05, 0) is 43.9 Å². The highest BCUT2D eigenvalue weighted by Crippen LogP contribution is 2.25. The predicted molar refractivity (Wildman–Crippen MR) is 96.1 cm³/mol. The number of hydrogen-bond acceptors (Lipinski definition) is 3. The third-order valence-electron chi connectivity index (χ3n) is 5.43. The maximum absolute atomic E-state index is 13.6. The first-order valence-corrected chi connectivity index (χ1v) is 9.70. The van der Waals surface area contributed by atoms with Crippen LogP contribution in [-0.2, 0) is 4.79 Å². The molecule has 1 aromatic carbocycles. The molecule has 0 radical (unpaired) electrons. The van der Waals surface area contributed by atoms with Crippen LogP contribution in [0.25, 0.3) is 0 Å². The molecule has 3 rings (SSSR count). The van der Waals surface area contributed by atoms with E-state index in [0.717, 1.165) is 44.1 Å². The average molecular weight is 366 g/mol. The minimum Gasteiger partial charge on any atom is -0.481 e. The molecule has 1 saturated carbocycles. The van der Waals surface area contributed by atoms with Crippen molar-refractivity contribution in [2.45, 2.75) is 38.5 Å². The number of amides is 1. The van der Waals surface area contributed by atoms with Crippen LogP contribution in [0.2, 0.25) is 0 Å². The lowest BCUT2D eigenvalue weighted by atomic mass is 9.89. The summed E-state index contributed by atoms with van der Waals surface area (Å²) in [6.45, 7) is 4.21. The molecular weight excluding hydrogens is 338 g/mol. The van der Waals surface area contributed by atoms with Gasteiger partial charge in [-0.25, -0.2) is 8.78 Å². The SMILES string of the molecule is O=C(COc1ccc(F)cc1F)N1CCCN(CC2CCCCC2)CC1. The van der Waals surface area contributed by atoms with E-state index in [9.17, 15) is 13.6 Å². The van der Waals surface area contributed by atoms with Crippen molar-refractivity contribution < 1.29 is 18.3 Å². The number of ether oxygens (including phenoxy) is 1. The molecule has 26 heavy (non-hydrogen) atoms. The number of benzene rings is 1. The zero-order valence-electron chi connectivity index (χ0n) is 15.3. The third-order valence-corrected chi connectivity index (χ3v) is 5.43. The van der Waals surface area contributed by atoms with E-state index in [1.54, 1.807) is 4.90 Å². The Balaban J connectivity index is 1.44. The van der Waals surface area contributed by atoms with Gasteiger partial charge in [0.05, 0.1) is 0 Å². The van der Waals surface area contributed by atoms with E-state index in [1.807, 2.05) is 0 Å². The first-order chi connectivity index (χ1) is 12.6. The highest BCUT2D eigenvalue weighted by molar-refractivity contribution is 5.77. The summed E-state index contributed by atoms with van der Waals surface area (Å²) >= 11 is 0. The number of hydrogen-bond donors (Lipinski definition) is 0. The van der Waals surface area contributed by atoms with Crippen LogP contribution < -0.4 is 4.74 Å². The fourth-order valence-electron chi connectivity index (χ4n) is 3.96. The largest absolute Gasteiger partial charge is 0.481 e. The summed E-state index contributed by atoms with van der Waals surface area (Å²) in [5, 5.41) is 0. The fraction of sp³-hybridized carbons (Fsp3) is 0.650. The lowest BCUT2D eigenvalue weighted by Crippen LogP contribution is -2.39. The first-order valence-electron chi connectivity index (χ1n) is 9.70. The maximum Gasteiger partial charge on any atom is 0.260 e. The Bertz CT molecular complexity index is 605. The predicted octanol–water partition coefficient (Wildman–Crippen LogP) is 3.46. The van der Waals surface area contributed by atoms with E-state index in [2.05, 4.69) is 4.90 Å². The van der Waals surface area contributed by atoms with Crippen molar-refractivity contribution in [3.8, 4) is 5.75 Å². The first kappa shape index (κ1) is 19.1. The highest BCUT2D eigenvalue weighted by Gasteiger charge is 2.22. The number of halogens is 2. The summed E-state index contributed by atoms with van der Waals surface area (Å²) in [6.07, 6.45) is 7.67. The number of carbonyl (C=O) groups is 1. The number of carbonyl (C=O) groups excluding carboxylic acids is 1. The second-order valence-corrected chi connectivity index (χ2v) is 7.40. The molecule has 0 spiro atoms. The Morgan fingerprint density at radius 2 is 1.85 bits per heavy atom. The van der Waals surface area contributed by atoms with Gasteiger partial charge in [0.1, 0.15) is 5.82 Å². The maximum atomic E-state index is 13.6. The van der Waals surface area contributed by atoms with E-state index in [4.69, 9.17) is 4.74 Å². The molecule has 0 bridgehead atoms. The van der Waals surface area contributed by atoms with E-state index in [0.29, 0.717) is 13.1 Å². The zero-order valence-corrected chi connectivity index (χ0v) is 15.3. The fourth-order valence-corrected chi connectivity index (χ4v) is 3.96. The van der Waals surface area contributed by atoms with Crippen molar-refractivity contribution in [1.29, 1.82) is 0 Å². The molecule has 6 heteroatoms. The van der Waals surface area contributed by atoms with E-state index in [1.165, 1.54) is 38.2 Å². The monoisotopic (exact) mass is 366 g/mol. The van der Waals surface area contributed by atoms with E-state index in [-0.39, 0.29) is 18.3 Å². The van der Waals surface area contributed by atoms with Gasteiger partial charge in [-0.15, -0.1) is 0 Å². The van der Waals surface area contributed by atoms with Gasteiger partial charge in [0.2, 0.25) is 0 Å². The van der Waals surface area contributed by atoms with Gasteiger partial charge in [0.25, 0.3) is 5.91 Å². The zero-order chi connectivity index (χ0) is 18.4. The summed E-state index contributed by atoms with van der Waals surface area (Å²) in [4.78, 5) is 16.7. The van der Waals surface area contributed by atoms with Crippen LogP contribution in [0.5, 0.6) is 5.75 Å². The Morgan fingerprint density at radius 3 is 2.62 bits per heavy atom. The second kappa shape index (κ2) is 9.31. The topological polar surface area (TPSA) is 32.8 Å². The Morgan fingerprint density at radius 1 is 1.04 bits per heavy atom. The molecule has 1 saturated heterocycles. The Hall–Kier alpha value is -1.69. The summed E-state index contributed by atoms with van der Waals surface area (Å²) in [5.41, 5.74) is 0. The van der Waals surface area contributed by atoms with Crippen molar-refractivity contribution >= 4 is 5.91 Å². The molecule has 4 nitrogen and oxygen atoms in total. The van der Waals surface area contributed by atoms with Crippen molar-refractivity contribution in [3.05, 3.63) is 29.8 Å². The molecule has 1 aliphatic heterocycles. The van der Waals surface area contributed by atoms with Crippen LogP contribution in [-0.4, -0.2) is 55.0 Å². The molecule has 1 aromatic rings. The van der Waals surface area contributed by atoms with Crippen LogP contribution in [0.4, 0.5) is 8.78 Å². The molecule has 0 N–H and O–H groups in total. The molecule has 0 atom stereocenters. The van der Waals surface area contributed by atoms with Crippen LogP contribution in [0.15, 0.2) is 18.2 Å². The standard InChI is InChI=1S/C20H28F2N2O2/c21-17-7-8-19(18(22)13-17)26-15-20(25)24-10-4-9-23(11-12-24)14-16-5-2-1-3-6-16/h7-8,13,16H,1-6,9-12,14-15H2. The molecule has 0 unspecified atom stereocenters. The molecule has 1 heterocycles. The van der Waals surface area contributed by atoms with Gasteiger partial charge in [-0.1, -0.05) is 19.3 Å². The van der Waals surface area contributed by atoms with Crippen molar-refractivity contribution in [1.82, 2.24) is 9.80 Å². The Kier molecular flexibility index (Phi) is 6.83. The summed E-state index contributed by atoms with van der Waals surface area (Å²) in [7, 11) is 0. The third kappa shape index (κ3) is 5.40. The quantitative estimate of drug-likeness (QED) is 0.800. The average Bonchev–Trinajstić information content (AvgIpc) is 2.87. The summed E-state index contributed by atoms with van der Waals surface area (Å²) in [6, 6.07) is 3.10. The lowest BCUT2D eigenvalue weighted by Gasteiger charge is -2.28. The molecule has 1 aliphatic carbocycles. The minimum atomic E-state index is -0.785. The van der Waals surface area contributed by atoms with Gasteiger partial charge in [-0.3, -0.25) is 4.79 Å². The van der Waals surface area contributed by atoms with E-state index >= 15 is 0 Å². The molecular formula is C20H28F2N2O2. The van der Waals surface area contributed by atoms with Crippen LogP contribution in [0.1, 0.15) is 38.5 Å². The van der Waals surface area contributed by atoms with Crippen molar-refractivity contribution in [2.75, 3.05) is 39.3 Å². The smallest absolute Gasteiger partial charge is 0.260 e. The normalized spacial score (nSPS) is 20.0. The highest BCUT2D eigenvalue weighted by atomic mass is 19.1. The molecule has 2 fully saturated rings.